The van der Waals surface area contributed by atoms with Gasteiger partial charge in [0.1, 0.15) is 12.4 Å². The van der Waals surface area contributed by atoms with Crippen molar-refractivity contribution in [2.24, 2.45) is 0 Å². The van der Waals surface area contributed by atoms with Gasteiger partial charge in [-0.05, 0) is 30.3 Å². The molecule has 142 valence electrons. The fraction of sp³-hybridized carbons (Fsp3) is 0.100. The third-order valence-electron chi connectivity index (χ3n) is 4.17. The van der Waals surface area contributed by atoms with Gasteiger partial charge in [-0.1, -0.05) is 17.7 Å². The summed E-state index contributed by atoms with van der Waals surface area (Å²) in [6, 6.07) is 14.0. The van der Waals surface area contributed by atoms with Crippen molar-refractivity contribution in [3.8, 4) is 17.2 Å². The maximum atomic E-state index is 11.7. The molecule has 2 aromatic heterocycles. The predicted octanol–water partition coefficient (Wildman–Crippen LogP) is 3.54. The zero-order chi connectivity index (χ0) is 19.5. The Kier molecular flexibility index (Phi) is 4.90. The normalized spacial score (nSPS) is 10.9. The summed E-state index contributed by atoms with van der Waals surface area (Å²) in [5.41, 5.74) is 0.0378. The molecule has 0 bridgehead atoms. The van der Waals surface area contributed by atoms with Crippen LogP contribution in [0.1, 0.15) is 0 Å². The van der Waals surface area contributed by atoms with Crippen LogP contribution in [0.5, 0.6) is 17.2 Å². The summed E-state index contributed by atoms with van der Waals surface area (Å²) in [4.78, 5) is 28.2. The lowest BCUT2D eigenvalue weighted by atomic mass is 10.2. The van der Waals surface area contributed by atoms with Gasteiger partial charge in [0.15, 0.2) is 11.5 Å². The number of halogens is 1. The Balaban J connectivity index is 1.54. The number of benzene rings is 2. The average Bonchev–Trinajstić information content (AvgIpc) is 3.15. The van der Waals surface area contributed by atoms with Crippen molar-refractivity contribution >= 4 is 22.5 Å². The summed E-state index contributed by atoms with van der Waals surface area (Å²) in [5.74, 6) is 1.65. The number of nitrogens with one attached hydrogen (secondary N) is 2. The van der Waals surface area contributed by atoms with Crippen LogP contribution < -0.4 is 20.7 Å². The number of hydrogen-bond acceptors (Lipinski definition) is 4. The van der Waals surface area contributed by atoms with Crippen LogP contribution in [0, 0.1) is 0 Å². The van der Waals surface area contributed by atoms with E-state index in [-0.39, 0.29) is 13.2 Å². The fourth-order valence-corrected chi connectivity index (χ4v) is 2.98. The topological polar surface area (TPSA) is 89.1 Å². The molecule has 4 rings (SSSR count). The van der Waals surface area contributed by atoms with Gasteiger partial charge in [-0.25, -0.2) is 4.79 Å². The zero-order valence-corrected chi connectivity index (χ0v) is 15.4. The summed E-state index contributed by atoms with van der Waals surface area (Å²) in [7, 11) is 0. The van der Waals surface area contributed by atoms with E-state index in [0.717, 1.165) is 10.9 Å². The first-order valence-electron chi connectivity index (χ1n) is 8.56. The highest BCUT2D eigenvalue weighted by atomic mass is 35.5. The molecule has 0 saturated carbocycles. The summed E-state index contributed by atoms with van der Waals surface area (Å²) in [6.07, 6.45) is 3.27. The number of H-pyrrole nitrogens is 2. The molecule has 0 aliphatic rings. The van der Waals surface area contributed by atoms with Gasteiger partial charge < -0.3 is 14.5 Å². The van der Waals surface area contributed by atoms with E-state index in [1.807, 2.05) is 30.5 Å². The molecular formula is C20H16ClN3O4. The number of ether oxygens (including phenoxy) is 2. The van der Waals surface area contributed by atoms with Crippen molar-refractivity contribution in [3.63, 3.8) is 0 Å². The number of hydrogen-bond donors (Lipinski definition) is 2. The Morgan fingerprint density at radius 3 is 2.75 bits per heavy atom. The van der Waals surface area contributed by atoms with E-state index < -0.39 is 11.2 Å². The third kappa shape index (κ3) is 3.79. The number of fused-ring (bicyclic) bond motifs is 1. The van der Waals surface area contributed by atoms with Crippen LogP contribution >= 0.6 is 11.6 Å². The monoisotopic (exact) mass is 397 g/mol. The standard InChI is InChI=1S/C20H16ClN3O4/c21-13-4-5-17(28-16-3-1-2-15-14(16)6-8-22-15)18(12-13)27-11-10-24-9-7-19(25)23-20(24)26/h1-9,12,22H,10-11H2,(H,23,25,26). The summed E-state index contributed by atoms with van der Waals surface area (Å²) in [5, 5.41) is 1.45. The quantitative estimate of drug-likeness (QED) is 0.520. The van der Waals surface area contributed by atoms with Gasteiger partial charge >= 0.3 is 5.69 Å². The Bertz CT molecular complexity index is 1240. The maximum absolute atomic E-state index is 11.7. The third-order valence-corrected chi connectivity index (χ3v) is 4.40. The summed E-state index contributed by atoms with van der Waals surface area (Å²) >= 11 is 6.10. The fourth-order valence-electron chi connectivity index (χ4n) is 2.82. The number of aromatic nitrogens is 3. The molecule has 0 saturated heterocycles. The maximum Gasteiger partial charge on any atom is 0.328 e. The minimum absolute atomic E-state index is 0.191. The largest absolute Gasteiger partial charge is 0.488 e. The smallest absolute Gasteiger partial charge is 0.328 e. The number of nitrogens with zero attached hydrogens (tertiary/aromatic N) is 1. The van der Waals surface area contributed by atoms with Gasteiger partial charge in [-0.2, -0.15) is 0 Å². The Hall–Kier alpha value is -3.45. The van der Waals surface area contributed by atoms with Crippen LogP contribution in [0.2, 0.25) is 5.02 Å². The first kappa shape index (κ1) is 17.9. The van der Waals surface area contributed by atoms with Crippen LogP contribution in [-0.2, 0) is 6.54 Å². The molecule has 0 aliphatic carbocycles. The van der Waals surface area contributed by atoms with Gasteiger partial charge in [0.25, 0.3) is 5.56 Å². The predicted molar refractivity (Wildman–Crippen MR) is 107 cm³/mol. The van der Waals surface area contributed by atoms with E-state index in [1.54, 1.807) is 18.2 Å². The molecule has 0 amide bonds. The summed E-state index contributed by atoms with van der Waals surface area (Å²) in [6.45, 7) is 0.450. The molecule has 2 aromatic carbocycles. The molecule has 0 spiro atoms. The molecule has 7 nitrogen and oxygen atoms in total. The molecule has 2 N–H and O–H groups in total. The van der Waals surface area contributed by atoms with Crippen LogP contribution in [0.15, 0.2) is 70.5 Å². The minimum Gasteiger partial charge on any atom is -0.488 e. The second kappa shape index (κ2) is 7.66. The van der Waals surface area contributed by atoms with Crippen molar-refractivity contribution < 1.29 is 9.47 Å². The molecular weight excluding hydrogens is 382 g/mol. The van der Waals surface area contributed by atoms with Crippen molar-refractivity contribution in [1.82, 2.24) is 14.5 Å². The van der Waals surface area contributed by atoms with Gasteiger partial charge in [-0.15, -0.1) is 0 Å². The highest BCUT2D eigenvalue weighted by Crippen LogP contribution is 2.36. The van der Waals surface area contributed by atoms with E-state index in [1.165, 1.54) is 16.8 Å². The lowest BCUT2D eigenvalue weighted by molar-refractivity contribution is 0.283. The molecule has 0 radical (unpaired) electrons. The zero-order valence-electron chi connectivity index (χ0n) is 14.6. The Morgan fingerprint density at radius 1 is 1.00 bits per heavy atom. The van der Waals surface area contributed by atoms with E-state index in [9.17, 15) is 9.59 Å². The lowest BCUT2D eigenvalue weighted by Crippen LogP contribution is -2.30. The molecule has 8 heteroatoms. The van der Waals surface area contributed by atoms with E-state index in [4.69, 9.17) is 21.1 Å². The second-order valence-corrected chi connectivity index (χ2v) is 6.48. The molecule has 0 unspecified atom stereocenters. The number of rotatable bonds is 6. The molecule has 0 fully saturated rings. The van der Waals surface area contributed by atoms with Gasteiger partial charge in [0, 0.05) is 40.5 Å². The minimum atomic E-state index is -0.488. The van der Waals surface area contributed by atoms with Crippen LogP contribution in [0.3, 0.4) is 0 Å². The lowest BCUT2D eigenvalue weighted by Gasteiger charge is -2.14. The molecule has 0 atom stereocenters. The molecule has 2 heterocycles. The Labute approximate surface area is 164 Å². The first-order chi connectivity index (χ1) is 13.6. The highest BCUT2D eigenvalue weighted by Gasteiger charge is 2.10. The van der Waals surface area contributed by atoms with Crippen molar-refractivity contribution in [2.75, 3.05) is 6.61 Å². The average molecular weight is 398 g/mol. The van der Waals surface area contributed by atoms with Crippen LogP contribution in [0.4, 0.5) is 0 Å². The van der Waals surface area contributed by atoms with E-state index in [0.29, 0.717) is 22.3 Å². The van der Waals surface area contributed by atoms with E-state index in [2.05, 4.69) is 9.97 Å². The van der Waals surface area contributed by atoms with Crippen molar-refractivity contribution in [2.45, 2.75) is 6.54 Å². The van der Waals surface area contributed by atoms with Crippen molar-refractivity contribution in [1.29, 1.82) is 0 Å². The molecule has 28 heavy (non-hydrogen) atoms. The van der Waals surface area contributed by atoms with Gasteiger partial charge in [0.05, 0.1) is 6.54 Å². The highest BCUT2D eigenvalue weighted by molar-refractivity contribution is 6.30. The van der Waals surface area contributed by atoms with Crippen molar-refractivity contribution in [3.05, 3.63) is 86.8 Å². The van der Waals surface area contributed by atoms with Crippen LogP contribution in [0.25, 0.3) is 10.9 Å². The van der Waals surface area contributed by atoms with E-state index >= 15 is 0 Å². The van der Waals surface area contributed by atoms with Gasteiger partial charge in [-0.3, -0.25) is 14.3 Å². The van der Waals surface area contributed by atoms with Gasteiger partial charge in [0.2, 0.25) is 0 Å². The second-order valence-electron chi connectivity index (χ2n) is 6.04. The first-order valence-corrected chi connectivity index (χ1v) is 8.94. The molecule has 4 aromatic rings. The van der Waals surface area contributed by atoms with Crippen LogP contribution in [-0.4, -0.2) is 21.1 Å². The molecule has 0 aliphatic heterocycles. The Morgan fingerprint density at radius 2 is 1.89 bits per heavy atom. The number of aromatic amines is 2. The summed E-state index contributed by atoms with van der Waals surface area (Å²) < 4.78 is 13.2. The SMILES string of the molecule is O=c1ccn(CCOc2cc(Cl)ccc2Oc2cccc3[nH]ccc23)c(=O)[nH]1.